The molecule has 27 heavy (non-hydrogen) atoms. The molecule has 1 saturated heterocycles. The lowest BCUT2D eigenvalue weighted by Gasteiger charge is -2.24. The lowest BCUT2D eigenvalue weighted by Crippen LogP contribution is -2.31. The molecule has 1 unspecified atom stereocenters. The summed E-state index contributed by atoms with van der Waals surface area (Å²) in [7, 11) is 0. The largest absolute Gasteiger partial charge is 0.340 e. The number of amides is 1. The Morgan fingerprint density at radius 2 is 2.04 bits per heavy atom. The number of hydrogen-bond acceptors (Lipinski definition) is 2. The van der Waals surface area contributed by atoms with E-state index in [-0.39, 0.29) is 11.9 Å². The first kappa shape index (κ1) is 18.2. The third-order valence-corrected chi connectivity index (χ3v) is 5.92. The maximum atomic E-state index is 12.6. The molecule has 4 rings (SSSR count). The highest BCUT2D eigenvalue weighted by Crippen LogP contribution is 2.35. The highest BCUT2D eigenvalue weighted by molar-refractivity contribution is 9.10. The zero-order valence-electron chi connectivity index (χ0n) is 15.7. The predicted molar refractivity (Wildman–Crippen MR) is 112 cm³/mol. The average Bonchev–Trinajstić information content (AvgIpc) is 3.31. The second-order valence-electron chi connectivity index (χ2n) is 7.67. The van der Waals surface area contributed by atoms with E-state index in [9.17, 15) is 4.79 Å². The molecule has 0 bridgehead atoms. The Hall–Kier alpha value is -2.14. The van der Waals surface area contributed by atoms with E-state index < -0.39 is 0 Å². The van der Waals surface area contributed by atoms with Crippen molar-refractivity contribution in [3.05, 3.63) is 52.9 Å². The van der Waals surface area contributed by atoms with Crippen LogP contribution in [0.25, 0.3) is 22.0 Å². The molecule has 4 nitrogen and oxygen atoms in total. The number of halogens is 1. The van der Waals surface area contributed by atoms with Crippen LogP contribution in [0.4, 0.5) is 0 Å². The summed E-state index contributed by atoms with van der Waals surface area (Å²) in [4.78, 5) is 22.8. The number of aromatic nitrogens is 2. The van der Waals surface area contributed by atoms with Crippen LogP contribution in [-0.2, 0) is 4.79 Å². The van der Waals surface area contributed by atoms with E-state index in [1.165, 1.54) is 10.8 Å². The van der Waals surface area contributed by atoms with Crippen LogP contribution in [0.5, 0.6) is 0 Å². The number of fused-ring (bicyclic) bond motifs is 1. The Morgan fingerprint density at radius 1 is 1.26 bits per heavy atom. The fourth-order valence-corrected chi connectivity index (χ4v) is 4.43. The fraction of sp³-hybridized carbons (Fsp3) is 0.364. The number of imidazole rings is 1. The Balaban J connectivity index is 1.66. The molecule has 1 aliphatic heterocycles. The van der Waals surface area contributed by atoms with E-state index in [4.69, 9.17) is 0 Å². The van der Waals surface area contributed by atoms with Crippen LogP contribution in [0.1, 0.15) is 45.0 Å². The van der Waals surface area contributed by atoms with E-state index in [2.05, 4.69) is 70.1 Å². The Kier molecular flexibility index (Phi) is 5.04. The van der Waals surface area contributed by atoms with Crippen molar-refractivity contribution in [2.75, 3.05) is 6.54 Å². The van der Waals surface area contributed by atoms with Gasteiger partial charge in [0.25, 0.3) is 0 Å². The second-order valence-corrected chi connectivity index (χ2v) is 8.52. The monoisotopic (exact) mass is 425 g/mol. The van der Waals surface area contributed by atoms with E-state index in [1.54, 1.807) is 0 Å². The van der Waals surface area contributed by atoms with Crippen molar-refractivity contribution >= 4 is 32.6 Å². The lowest BCUT2D eigenvalue weighted by atomic mass is 10.0. The summed E-state index contributed by atoms with van der Waals surface area (Å²) in [6, 6.07) is 12.6. The highest BCUT2D eigenvalue weighted by atomic mass is 79.9. The predicted octanol–water partition coefficient (Wildman–Crippen LogP) is 5.70. The molecule has 1 aromatic heterocycles. The number of benzene rings is 2. The molecule has 140 valence electrons. The first-order valence-corrected chi connectivity index (χ1v) is 10.4. The number of aromatic amines is 1. The summed E-state index contributed by atoms with van der Waals surface area (Å²) in [6.45, 7) is 5.01. The van der Waals surface area contributed by atoms with Gasteiger partial charge in [-0.25, -0.2) is 4.98 Å². The zero-order chi connectivity index (χ0) is 19.0. The Bertz CT molecular complexity index is 979. The third kappa shape index (κ3) is 3.53. The summed E-state index contributed by atoms with van der Waals surface area (Å²) in [5.74, 6) is 1.51. The van der Waals surface area contributed by atoms with Crippen LogP contribution in [-0.4, -0.2) is 27.3 Å². The van der Waals surface area contributed by atoms with Crippen LogP contribution in [0.15, 0.2) is 47.1 Å². The Morgan fingerprint density at radius 3 is 2.81 bits per heavy atom. The molecule has 5 heteroatoms. The number of nitrogens with one attached hydrogen (secondary N) is 1. The molecule has 1 atom stereocenters. The minimum absolute atomic E-state index is 0.0618. The van der Waals surface area contributed by atoms with Crippen molar-refractivity contribution in [2.24, 2.45) is 5.92 Å². The minimum atomic E-state index is 0.0618. The average molecular weight is 426 g/mol. The molecule has 0 saturated carbocycles. The van der Waals surface area contributed by atoms with Crippen LogP contribution in [0.2, 0.25) is 0 Å². The molecule has 0 aliphatic carbocycles. The van der Waals surface area contributed by atoms with Crippen LogP contribution < -0.4 is 0 Å². The molecule has 2 aromatic carbocycles. The molecule has 2 heterocycles. The van der Waals surface area contributed by atoms with Gasteiger partial charge in [-0.1, -0.05) is 60.1 Å². The smallest absolute Gasteiger partial charge is 0.223 e. The molecular formula is C22H24BrN3O. The standard InChI is InChI=1S/C22H24BrN3O/c1-14(2)12-21(27)26-11-5-8-20(26)22-24-13-19(25-22)17-9-10-18(23)16-7-4-3-6-15(16)17/h3-4,6-7,9-10,13-14,20H,5,8,11-12H2,1-2H3,(H,24,25). The van der Waals surface area contributed by atoms with Gasteiger partial charge >= 0.3 is 0 Å². The van der Waals surface area contributed by atoms with Crippen LogP contribution >= 0.6 is 15.9 Å². The topological polar surface area (TPSA) is 49.0 Å². The van der Waals surface area contributed by atoms with Gasteiger partial charge in [0.2, 0.25) is 5.91 Å². The van der Waals surface area contributed by atoms with Crippen LogP contribution in [0, 0.1) is 5.92 Å². The normalized spacial score (nSPS) is 17.2. The third-order valence-electron chi connectivity index (χ3n) is 5.23. The van der Waals surface area contributed by atoms with Gasteiger partial charge in [-0.05, 0) is 35.6 Å². The minimum Gasteiger partial charge on any atom is -0.340 e. The first-order chi connectivity index (χ1) is 13.0. The van der Waals surface area contributed by atoms with Crippen molar-refractivity contribution < 1.29 is 4.79 Å². The van der Waals surface area contributed by atoms with Gasteiger partial charge in [-0.15, -0.1) is 0 Å². The van der Waals surface area contributed by atoms with Crippen molar-refractivity contribution in [3.8, 4) is 11.3 Å². The van der Waals surface area contributed by atoms with Gasteiger partial charge in [0.1, 0.15) is 5.82 Å². The van der Waals surface area contributed by atoms with Crippen molar-refractivity contribution in [3.63, 3.8) is 0 Å². The maximum Gasteiger partial charge on any atom is 0.223 e. The molecule has 1 fully saturated rings. The van der Waals surface area contributed by atoms with E-state index >= 15 is 0 Å². The summed E-state index contributed by atoms with van der Waals surface area (Å²) < 4.78 is 1.09. The van der Waals surface area contributed by atoms with Gasteiger partial charge in [0, 0.05) is 23.0 Å². The van der Waals surface area contributed by atoms with E-state index in [0.29, 0.717) is 12.3 Å². The number of hydrogen-bond donors (Lipinski definition) is 1. The van der Waals surface area contributed by atoms with Gasteiger partial charge in [-0.3, -0.25) is 4.79 Å². The Labute approximate surface area is 168 Å². The summed E-state index contributed by atoms with van der Waals surface area (Å²) in [5, 5.41) is 2.36. The molecule has 0 spiro atoms. The number of H-pyrrole nitrogens is 1. The molecule has 0 radical (unpaired) electrons. The number of carbonyl (C=O) groups excluding carboxylic acids is 1. The van der Waals surface area contributed by atoms with E-state index in [1.807, 2.05) is 17.2 Å². The molecular weight excluding hydrogens is 402 g/mol. The van der Waals surface area contributed by atoms with Gasteiger partial charge in [-0.2, -0.15) is 0 Å². The number of nitrogens with zero attached hydrogens (tertiary/aromatic N) is 2. The first-order valence-electron chi connectivity index (χ1n) is 9.56. The van der Waals surface area contributed by atoms with Crippen LogP contribution in [0.3, 0.4) is 0 Å². The zero-order valence-corrected chi connectivity index (χ0v) is 17.3. The molecule has 1 N–H and O–H groups in total. The van der Waals surface area contributed by atoms with Gasteiger partial charge in [0.05, 0.1) is 17.9 Å². The number of rotatable bonds is 4. The van der Waals surface area contributed by atoms with Crippen molar-refractivity contribution in [2.45, 2.75) is 39.2 Å². The number of likely N-dealkylation sites (tertiary alicyclic amines) is 1. The lowest BCUT2D eigenvalue weighted by molar-refractivity contribution is -0.133. The summed E-state index contributed by atoms with van der Waals surface area (Å²) in [6.07, 6.45) is 4.50. The fourth-order valence-electron chi connectivity index (χ4n) is 3.96. The molecule has 1 amide bonds. The molecule has 3 aromatic rings. The van der Waals surface area contributed by atoms with Gasteiger partial charge in [0.15, 0.2) is 0 Å². The molecule has 1 aliphatic rings. The summed E-state index contributed by atoms with van der Waals surface area (Å²) in [5.41, 5.74) is 2.13. The quantitative estimate of drug-likeness (QED) is 0.582. The second kappa shape index (κ2) is 7.47. The SMILES string of the molecule is CC(C)CC(=O)N1CCCC1c1ncc(-c2ccc(Br)c3ccccc23)[nH]1. The highest BCUT2D eigenvalue weighted by Gasteiger charge is 2.32. The summed E-state index contributed by atoms with van der Waals surface area (Å²) >= 11 is 3.64. The van der Waals surface area contributed by atoms with Crippen molar-refractivity contribution in [1.29, 1.82) is 0 Å². The van der Waals surface area contributed by atoms with Gasteiger partial charge < -0.3 is 9.88 Å². The maximum absolute atomic E-state index is 12.6. The van der Waals surface area contributed by atoms with Crippen molar-refractivity contribution in [1.82, 2.24) is 14.9 Å². The number of carbonyl (C=O) groups is 1. The van der Waals surface area contributed by atoms with E-state index in [0.717, 1.165) is 40.9 Å².